The van der Waals surface area contributed by atoms with Crippen molar-refractivity contribution in [1.29, 1.82) is 5.26 Å². The molecule has 0 amide bonds. The molecule has 0 saturated heterocycles. The highest BCUT2D eigenvalue weighted by molar-refractivity contribution is 6.07. The molecule has 2 aromatic heterocycles. The fourth-order valence-electron chi connectivity index (χ4n) is 6.72. The quantitative estimate of drug-likeness (QED) is 0.178. The van der Waals surface area contributed by atoms with Crippen molar-refractivity contribution in [2.75, 3.05) is 4.90 Å². The van der Waals surface area contributed by atoms with Crippen LogP contribution in [0.2, 0.25) is 0 Å². The third-order valence-corrected chi connectivity index (χ3v) is 9.09. The number of anilines is 3. The van der Waals surface area contributed by atoms with Crippen molar-refractivity contribution < 1.29 is 8.83 Å². The zero-order valence-electron chi connectivity index (χ0n) is 26.1. The number of benzene rings is 7. The Bertz CT molecular complexity index is 2600. The van der Waals surface area contributed by atoms with E-state index >= 15 is 0 Å². The Kier molecular flexibility index (Phi) is 6.50. The van der Waals surface area contributed by atoms with Crippen molar-refractivity contribution in [3.05, 3.63) is 169 Å². The van der Waals surface area contributed by atoms with Crippen LogP contribution >= 0.6 is 0 Å². The van der Waals surface area contributed by atoms with E-state index in [0.717, 1.165) is 83.2 Å². The van der Waals surface area contributed by atoms with E-state index in [4.69, 9.17) is 15.4 Å². The van der Waals surface area contributed by atoms with Crippen LogP contribution in [0.4, 0.5) is 22.7 Å². The van der Waals surface area contributed by atoms with Gasteiger partial charge in [-0.05, 0) is 101 Å². The van der Waals surface area contributed by atoms with Gasteiger partial charge in [-0.15, -0.1) is 0 Å². The van der Waals surface area contributed by atoms with E-state index in [9.17, 15) is 5.26 Å². The largest absolute Gasteiger partial charge is 0.456 e. The number of hydrogen-bond donors (Lipinski definition) is 0. The molecule has 9 aromatic rings. The number of nitrogens with zero attached hydrogens (tertiary/aromatic N) is 3. The van der Waals surface area contributed by atoms with Crippen LogP contribution in [0.1, 0.15) is 5.56 Å². The molecule has 5 nitrogen and oxygen atoms in total. The van der Waals surface area contributed by atoms with Crippen LogP contribution in [-0.2, 0) is 0 Å². The molecule has 5 heteroatoms. The molecule has 9 rings (SSSR count). The summed E-state index contributed by atoms with van der Waals surface area (Å²) in [5.74, 6) is 0. The first kappa shape index (κ1) is 28.2. The summed E-state index contributed by atoms with van der Waals surface area (Å²) in [7, 11) is 0. The second-order valence-corrected chi connectivity index (χ2v) is 12.0. The highest BCUT2D eigenvalue weighted by atomic mass is 16.3. The van der Waals surface area contributed by atoms with E-state index in [-0.39, 0.29) is 0 Å². The lowest BCUT2D eigenvalue weighted by Gasteiger charge is -2.26. The van der Waals surface area contributed by atoms with Crippen LogP contribution in [0.5, 0.6) is 0 Å². The van der Waals surface area contributed by atoms with E-state index in [2.05, 4.69) is 101 Å². The Morgan fingerprint density at radius 2 is 0.939 bits per heavy atom. The van der Waals surface area contributed by atoms with Crippen LogP contribution in [0, 0.1) is 17.9 Å². The molecular formula is C44H25N3O2. The van der Waals surface area contributed by atoms with E-state index in [1.807, 2.05) is 60.7 Å². The summed E-state index contributed by atoms with van der Waals surface area (Å²) in [4.78, 5) is 5.74. The number of furan rings is 2. The van der Waals surface area contributed by atoms with E-state index < -0.39 is 0 Å². The van der Waals surface area contributed by atoms with Gasteiger partial charge in [-0.3, -0.25) is 0 Å². The number of hydrogen-bond acceptors (Lipinski definition) is 4. The van der Waals surface area contributed by atoms with Gasteiger partial charge in [-0.1, -0.05) is 72.8 Å². The van der Waals surface area contributed by atoms with Gasteiger partial charge in [-0.2, -0.15) is 5.26 Å². The molecule has 2 heterocycles. The highest BCUT2D eigenvalue weighted by Gasteiger charge is 2.16. The van der Waals surface area contributed by atoms with Gasteiger partial charge >= 0.3 is 0 Å². The molecule has 7 aromatic carbocycles. The van der Waals surface area contributed by atoms with Crippen molar-refractivity contribution in [2.24, 2.45) is 0 Å². The van der Waals surface area contributed by atoms with Crippen LogP contribution in [0.25, 0.3) is 71.0 Å². The molecular weight excluding hydrogens is 603 g/mol. The Balaban J connectivity index is 1.11. The molecule has 228 valence electrons. The molecule has 0 saturated carbocycles. The molecule has 0 fully saturated rings. The third kappa shape index (κ3) is 4.86. The first-order valence-electron chi connectivity index (χ1n) is 15.9. The van der Waals surface area contributed by atoms with E-state index in [1.54, 1.807) is 6.07 Å². The molecule has 0 aliphatic rings. The van der Waals surface area contributed by atoms with Gasteiger partial charge in [0.25, 0.3) is 0 Å². The third-order valence-electron chi connectivity index (χ3n) is 9.09. The summed E-state index contributed by atoms with van der Waals surface area (Å²) < 4.78 is 12.1. The Morgan fingerprint density at radius 1 is 0.469 bits per heavy atom. The van der Waals surface area contributed by atoms with Crippen molar-refractivity contribution in [3.63, 3.8) is 0 Å². The molecule has 49 heavy (non-hydrogen) atoms. The van der Waals surface area contributed by atoms with Crippen molar-refractivity contribution in [1.82, 2.24) is 0 Å². The first-order valence-corrected chi connectivity index (χ1v) is 15.9. The van der Waals surface area contributed by atoms with Crippen molar-refractivity contribution in [3.8, 4) is 28.3 Å². The number of rotatable bonds is 5. The monoisotopic (exact) mass is 627 g/mol. The maximum Gasteiger partial charge on any atom is 0.190 e. The normalized spacial score (nSPS) is 11.2. The van der Waals surface area contributed by atoms with Crippen LogP contribution < -0.4 is 4.90 Å². The fraction of sp³-hybridized carbons (Fsp3) is 0. The molecule has 0 atom stereocenters. The summed E-state index contributed by atoms with van der Waals surface area (Å²) in [5, 5.41) is 14.1. The Hall–Kier alpha value is -7.08. The van der Waals surface area contributed by atoms with Gasteiger partial charge in [0.05, 0.1) is 12.6 Å². The summed E-state index contributed by atoms with van der Waals surface area (Å²) in [6.45, 7) is 7.68. The minimum Gasteiger partial charge on any atom is -0.456 e. The van der Waals surface area contributed by atoms with Gasteiger partial charge in [0.2, 0.25) is 0 Å². The van der Waals surface area contributed by atoms with Crippen LogP contribution in [0.3, 0.4) is 0 Å². The molecule has 0 bridgehead atoms. The van der Waals surface area contributed by atoms with E-state index in [0.29, 0.717) is 11.3 Å². The Morgan fingerprint density at radius 3 is 1.43 bits per heavy atom. The summed E-state index contributed by atoms with van der Waals surface area (Å²) in [6.07, 6.45) is 0. The molecule has 0 aliphatic heterocycles. The molecule has 0 N–H and O–H groups in total. The van der Waals surface area contributed by atoms with Crippen molar-refractivity contribution in [2.45, 2.75) is 0 Å². The minimum absolute atomic E-state index is 0.411. The maximum absolute atomic E-state index is 9.80. The summed E-state index contributed by atoms with van der Waals surface area (Å²) >= 11 is 0. The molecule has 0 aliphatic carbocycles. The Labute approximate surface area is 281 Å². The minimum atomic E-state index is 0.411. The van der Waals surface area contributed by atoms with E-state index in [1.165, 1.54) is 0 Å². The smallest absolute Gasteiger partial charge is 0.190 e. The lowest BCUT2D eigenvalue weighted by molar-refractivity contribution is 0.668. The zero-order chi connectivity index (χ0) is 32.9. The predicted octanol–water partition coefficient (Wildman–Crippen LogP) is 12.7. The topological polar surface area (TPSA) is 57.7 Å². The molecule has 0 unspecified atom stereocenters. The second kappa shape index (κ2) is 11.3. The lowest BCUT2D eigenvalue weighted by Crippen LogP contribution is -2.10. The van der Waals surface area contributed by atoms with Crippen LogP contribution in [0.15, 0.2) is 160 Å². The predicted molar refractivity (Wildman–Crippen MR) is 198 cm³/mol. The number of para-hydroxylation sites is 2. The van der Waals surface area contributed by atoms with Gasteiger partial charge in [0, 0.05) is 44.2 Å². The van der Waals surface area contributed by atoms with Gasteiger partial charge in [0.1, 0.15) is 22.3 Å². The zero-order valence-corrected chi connectivity index (χ0v) is 26.1. The highest BCUT2D eigenvalue weighted by Crippen LogP contribution is 2.40. The lowest BCUT2D eigenvalue weighted by atomic mass is 10.0. The number of fused-ring (bicyclic) bond motifs is 6. The average Bonchev–Trinajstić information content (AvgIpc) is 3.73. The number of nitriles is 1. The maximum atomic E-state index is 9.80. The van der Waals surface area contributed by atoms with Gasteiger partial charge in [-0.25, -0.2) is 4.85 Å². The van der Waals surface area contributed by atoms with Gasteiger partial charge < -0.3 is 13.7 Å². The van der Waals surface area contributed by atoms with Gasteiger partial charge in [0.15, 0.2) is 5.69 Å². The second-order valence-electron chi connectivity index (χ2n) is 12.0. The standard InChI is InChI=1S/C44H25N3O2/c1-46-33-22-28(27-45)23-36(26-33)47(34-16-10-29(11-17-34)31-14-20-43-39(24-31)37-6-2-4-8-41(37)48-43)35-18-12-30(13-19-35)32-15-21-44-40(25-32)38-7-3-5-9-42(38)49-44/h2-26H. The fourth-order valence-corrected chi connectivity index (χ4v) is 6.72. The summed E-state index contributed by atoms with van der Waals surface area (Å²) in [5.41, 5.74) is 11.2. The first-order chi connectivity index (χ1) is 24.1. The van der Waals surface area contributed by atoms with Crippen molar-refractivity contribution >= 4 is 66.6 Å². The average molecular weight is 628 g/mol. The van der Waals surface area contributed by atoms with Crippen LogP contribution in [-0.4, -0.2) is 0 Å². The molecule has 0 spiro atoms. The molecule has 0 radical (unpaired) electrons. The summed E-state index contributed by atoms with van der Waals surface area (Å²) in [6, 6.07) is 53.0. The SMILES string of the molecule is [C-]#[N+]c1cc(C#N)cc(N(c2ccc(-c3ccc4oc5ccccc5c4c3)cc2)c2ccc(-c3ccc4oc5ccccc5c4c3)cc2)c1.